The molecule has 0 N–H and O–H groups in total. The van der Waals surface area contributed by atoms with E-state index in [2.05, 4.69) is 0 Å². The van der Waals surface area contributed by atoms with Crippen LogP contribution in [0.4, 0.5) is 5.69 Å². The molecule has 8 nitrogen and oxygen atoms in total. The van der Waals surface area contributed by atoms with E-state index in [1.165, 1.54) is 0 Å². The summed E-state index contributed by atoms with van der Waals surface area (Å²) in [6.07, 6.45) is 0.946. The van der Waals surface area contributed by atoms with E-state index in [0.717, 1.165) is 17.7 Å². The molecule has 8 heteroatoms. The highest BCUT2D eigenvalue weighted by Crippen LogP contribution is 2.43. The largest absolute Gasteiger partial charge is 0.497 e. The second-order valence-electron chi connectivity index (χ2n) is 7.96. The minimum Gasteiger partial charge on any atom is -0.497 e. The maximum Gasteiger partial charge on any atom is 0.228 e. The summed E-state index contributed by atoms with van der Waals surface area (Å²) in [7, 11) is 3.19. The third-order valence-electron chi connectivity index (χ3n) is 6.22. The van der Waals surface area contributed by atoms with Gasteiger partial charge in [0.05, 0.1) is 26.2 Å². The first-order valence-corrected chi connectivity index (χ1v) is 10.6. The first kappa shape index (κ1) is 21.7. The number of ether oxygens (including phenoxy) is 2. The minimum absolute atomic E-state index is 0.0549. The second kappa shape index (κ2) is 9.30. The number of amides is 3. The monoisotopic (exact) mass is 437 g/mol. The van der Waals surface area contributed by atoms with Crippen LogP contribution in [0.15, 0.2) is 48.5 Å². The van der Waals surface area contributed by atoms with Crippen molar-refractivity contribution in [3.8, 4) is 11.5 Å². The van der Waals surface area contributed by atoms with Gasteiger partial charge in [0.15, 0.2) is 0 Å². The standard InChI is InChI=1S/C24H27N3O5/c1-31-19-7-3-17(4-8-19)23-21(24(30)26-13-11-25(16-28)12-14-26)15-22(29)27(23)18-5-9-20(32-2)10-6-18/h3-10,16,21,23H,11-15H2,1-2H3. The quantitative estimate of drug-likeness (QED) is 0.647. The van der Waals surface area contributed by atoms with E-state index in [9.17, 15) is 14.4 Å². The van der Waals surface area contributed by atoms with Crippen molar-refractivity contribution in [2.45, 2.75) is 12.5 Å². The van der Waals surface area contributed by atoms with Crippen LogP contribution in [0.3, 0.4) is 0 Å². The summed E-state index contributed by atoms with van der Waals surface area (Å²) in [5, 5.41) is 0. The highest BCUT2D eigenvalue weighted by Gasteiger charge is 2.46. The lowest BCUT2D eigenvalue weighted by molar-refractivity contribution is -0.139. The van der Waals surface area contributed by atoms with E-state index >= 15 is 0 Å². The fourth-order valence-electron chi connectivity index (χ4n) is 4.47. The molecule has 0 aromatic heterocycles. The van der Waals surface area contributed by atoms with Crippen molar-refractivity contribution < 1.29 is 23.9 Å². The zero-order valence-electron chi connectivity index (χ0n) is 18.3. The molecule has 0 aliphatic carbocycles. The van der Waals surface area contributed by atoms with Crippen LogP contribution >= 0.6 is 0 Å². The Morgan fingerprint density at radius 1 is 0.906 bits per heavy atom. The van der Waals surface area contributed by atoms with Crippen LogP contribution < -0.4 is 14.4 Å². The lowest BCUT2D eigenvalue weighted by Crippen LogP contribution is -2.50. The van der Waals surface area contributed by atoms with Crippen molar-refractivity contribution in [3.05, 3.63) is 54.1 Å². The zero-order chi connectivity index (χ0) is 22.7. The molecule has 0 saturated carbocycles. The number of piperazine rings is 1. The van der Waals surface area contributed by atoms with Crippen LogP contribution in [0, 0.1) is 5.92 Å². The molecule has 2 saturated heterocycles. The Bertz CT molecular complexity index is 968. The number of carbonyl (C=O) groups is 3. The van der Waals surface area contributed by atoms with Gasteiger partial charge in [0.1, 0.15) is 11.5 Å². The summed E-state index contributed by atoms with van der Waals surface area (Å²) in [6, 6.07) is 14.4. The molecular formula is C24H27N3O5. The molecule has 2 aromatic carbocycles. The van der Waals surface area contributed by atoms with Gasteiger partial charge in [0.25, 0.3) is 0 Å². The Morgan fingerprint density at radius 2 is 1.47 bits per heavy atom. The molecule has 2 aromatic rings. The molecule has 3 amide bonds. The number of benzene rings is 2. The summed E-state index contributed by atoms with van der Waals surface area (Å²) in [5.74, 6) is 0.742. The van der Waals surface area contributed by atoms with E-state index in [1.807, 2.05) is 48.5 Å². The van der Waals surface area contributed by atoms with Crippen molar-refractivity contribution in [1.82, 2.24) is 9.80 Å². The Kier molecular flexibility index (Phi) is 6.30. The van der Waals surface area contributed by atoms with Crippen molar-refractivity contribution in [2.24, 2.45) is 5.92 Å². The van der Waals surface area contributed by atoms with Crippen LogP contribution in [-0.4, -0.2) is 68.4 Å². The number of nitrogens with zero attached hydrogens (tertiary/aromatic N) is 3. The molecule has 4 rings (SSSR count). The van der Waals surface area contributed by atoms with Crippen LogP contribution in [-0.2, 0) is 14.4 Å². The number of methoxy groups -OCH3 is 2. The SMILES string of the molecule is COc1ccc(C2C(C(=O)N3CCN(C=O)CC3)CC(=O)N2c2ccc(OC)cc2)cc1. The van der Waals surface area contributed by atoms with E-state index in [1.54, 1.807) is 28.9 Å². The smallest absolute Gasteiger partial charge is 0.228 e. The number of carbonyl (C=O) groups excluding carboxylic acids is 3. The van der Waals surface area contributed by atoms with Crippen LogP contribution in [0.25, 0.3) is 0 Å². The van der Waals surface area contributed by atoms with Gasteiger partial charge in [-0.05, 0) is 42.0 Å². The zero-order valence-corrected chi connectivity index (χ0v) is 18.3. The Labute approximate surface area is 187 Å². The number of rotatable bonds is 6. The van der Waals surface area contributed by atoms with Crippen molar-refractivity contribution in [3.63, 3.8) is 0 Å². The molecule has 2 unspecified atom stereocenters. The molecule has 0 radical (unpaired) electrons. The van der Waals surface area contributed by atoms with Gasteiger partial charge in [-0.1, -0.05) is 12.1 Å². The van der Waals surface area contributed by atoms with Gasteiger partial charge in [-0.25, -0.2) is 0 Å². The topological polar surface area (TPSA) is 79.4 Å². The Hall–Kier alpha value is -3.55. The average molecular weight is 437 g/mol. The predicted molar refractivity (Wildman–Crippen MR) is 119 cm³/mol. The van der Waals surface area contributed by atoms with Gasteiger partial charge in [-0.2, -0.15) is 0 Å². The molecule has 2 aliphatic rings. The van der Waals surface area contributed by atoms with Crippen LogP contribution in [0.2, 0.25) is 0 Å². The maximum absolute atomic E-state index is 13.5. The molecule has 2 aliphatic heterocycles. The van der Waals surface area contributed by atoms with E-state index in [0.29, 0.717) is 37.7 Å². The summed E-state index contributed by atoms with van der Waals surface area (Å²) < 4.78 is 10.5. The van der Waals surface area contributed by atoms with Crippen molar-refractivity contribution >= 4 is 23.9 Å². The molecule has 2 heterocycles. The normalized spacial score (nSPS) is 20.9. The lowest BCUT2D eigenvalue weighted by atomic mass is 9.91. The molecular weight excluding hydrogens is 410 g/mol. The minimum atomic E-state index is -0.513. The Balaban J connectivity index is 1.67. The fourth-order valence-corrected chi connectivity index (χ4v) is 4.47. The highest BCUT2D eigenvalue weighted by molar-refractivity contribution is 6.01. The molecule has 2 atom stereocenters. The van der Waals surface area contributed by atoms with E-state index < -0.39 is 12.0 Å². The van der Waals surface area contributed by atoms with Gasteiger partial charge < -0.3 is 24.2 Å². The summed E-state index contributed by atoms with van der Waals surface area (Å²) in [6.45, 7) is 1.96. The number of hydrogen-bond donors (Lipinski definition) is 0. The third kappa shape index (κ3) is 4.12. The van der Waals surface area contributed by atoms with Gasteiger partial charge >= 0.3 is 0 Å². The summed E-state index contributed by atoms with van der Waals surface area (Å²) in [4.78, 5) is 42.9. The number of hydrogen-bond acceptors (Lipinski definition) is 5. The Morgan fingerprint density at radius 3 is 2.00 bits per heavy atom. The summed E-state index contributed by atoms with van der Waals surface area (Å²) >= 11 is 0. The first-order valence-electron chi connectivity index (χ1n) is 10.6. The van der Waals surface area contributed by atoms with Gasteiger partial charge in [-0.15, -0.1) is 0 Å². The van der Waals surface area contributed by atoms with Gasteiger partial charge in [0, 0.05) is 38.3 Å². The third-order valence-corrected chi connectivity index (χ3v) is 6.22. The highest BCUT2D eigenvalue weighted by atomic mass is 16.5. The van der Waals surface area contributed by atoms with Crippen LogP contribution in [0.5, 0.6) is 11.5 Å². The molecule has 0 bridgehead atoms. The molecule has 168 valence electrons. The van der Waals surface area contributed by atoms with Crippen LogP contribution in [0.1, 0.15) is 18.0 Å². The van der Waals surface area contributed by atoms with E-state index in [4.69, 9.17) is 9.47 Å². The van der Waals surface area contributed by atoms with Gasteiger partial charge in [-0.3, -0.25) is 14.4 Å². The maximum atomic E-state index is 13.5. The fraction of sp³-hybridized carbons (Fsp3) is 0.375. The molecule has 32 heavy (non-hydrogen) atoms. The number of anilines is 1. The second-order valence-corrected chi connectivity index (χ2v) is 7.96. The average Bonchev–Trinajstić information content (AvgIpc) is 3.20. The predicted octanol–water partition coefficient (Wildman–Crippen LogP) is 2.10. The van der Waals surface area contributed by atoms with E-state index in [-0.39, 0.29) is 18.2 Å². The summed E-state index contributed by atoms with van der Waals surface area (Å²) in [5.41, 5.74) is 1.59. The van der Waals surface area contributed by atoms with Crippen molar-refractivity contribution in [2.75, 3.05) is 45.3 Å². The van der Waals surface area contributed by atoms with Gasteiger partial charge in [0.2, 0.25) is 18.2 Å². The van der Waals surface area contributed by atoms with Crippen molar-refractivity contribution in [1.29, 1.82) is 0 Å². The molecule has 2 fully saturated rings. The molecule has 0 spiro atoms. The first-order chi connectivity index (χ1) is 15.5. The lowest BCUT2D eigenvalue weighted by Gasteiger charge is -2.36.